The second-order valence-corrected chi connectivity index (χ2v) is 7.12. The maximum atomic E-state index is 12.7. The number of thiophene rings is 1. The Morgan fingerprint density at radius 2 is 1.85 bits per heavy atom. The minimum atomic E-state index is -0.459. The topological polar surface area (TPSA) is 68.3 Å². The number of esters is 1. The van der Waals surface area contributed by atoms with Gasteiger partial charge in [-0.05, 0) is 50.1 Å². The van der Waals surface area contributed by atoms with Gasteiger partial charge in [0.2, 0.25) is 0 Å². The van der Waals surface area contributed by atoms with Crippen LogP contribution < -0.4 is 5.32 Å². The van der Waals surface area contributed by atoms with E-state index in [1.54, 1.807) is 19.1 Å². The summed E-state index contributed by atoms with van der Waals surface area (Å²) in [5.74, 6) is -0.812. The van der Waals surface area contributed by atoms with Gasteiger partial charge in [-0.25, -0.2) is 9.78 Å². The minimum absolute atomic E-state index is 0.265. The third kappa shape index (κ3) is 4.41. The lowest BCUT2D eigenvalue weighted by molar-refractivity contribution is 0.0528. The molecule has 0 aliphatic carbocycles. The van der Waals surface area contributed by atoms with Crippen LogP contribution >= 0.6 is 11.3 Å². The van der Waals surface area contributed by atoms with Gasteiger partial charge >= 0.3 is 5.97 Å². The van der Waals surface area contributed by atoms with E-state index in [1.165, 1.54) is 11.3 Å². The molecule has 0 aliphatic heterocycles. The number of aryl methyl sites for hydroxylation is 2. The number of anilines is 1. The fraction of sp³-hybridized carbons (Fsp3) is 0.190. The number of carbonyl (C=O) groups is 2. The van der Waals surface area contributed by atoms with Gasteiger partial charge in [0.1, 0.15) is 10.7 Å². The molecular formula is C21H20N2O3S. The van der Waals surface area contributed by atoms with Crippen molar-refractivity contribution in [2.45, 2.75) is 20.8 Å². The van der Waals surface area contributed by atoms with Gasteiger partial charge in [-0.2, -0.15) is 0 Å². The standard InChI is InChI=1S/C21H20N2O3S/c1-4-26-21(25)16-12-18(15-8-6-5-7-9-15)27-20(16)23-19(24)17-11-13(2)10-14(3)22-17/h5-12H,4H2,1-3H3,(H,23,24). The average molecular weight is 380 g/mol. The van der Waals surface area contributed by atoms with Crippen LogP contribution in [0.1, 0.15) is 39.0 Å². The highest BCUT2D eigenvalue weighted by Gasteiger charge is 2.21. The Hall–Kier alpha value is -2.99. The molecule has 0 spiro atoms. The first-order valence-electron chi connectivity index (χ1n) is 8.61. The fourth-order valence-electron chi connectivity index (χ4n) is 2.71. The summed E-state index contributed by atoms with van der Waals surface area (Å²) in [6.45, 7) is 5.77. The number of rotatable bonds is 5. The van der Waals surface area contributed by atoms with E-state index in [4.69, 9.17) is 4.74 Å². The summed E-state index contributed by atoms with van der Waals surface area (Å²) < 4.78 is 5.14. The summed E-state index contributed by atoms with van der Waals surface area (Å²) in [6, 6.07) is 15.1. The molecular weight excluding hydrogens is 360 g/mol. The van der Waals surface area contributed by atoms with Gasteiger partial charge in [-0.1, -0.05) is 30.3 Å². The van der Waals surface area contributed by atoms with Gasteiger partial charge in [-0.15, -0.1) is 11.3 Å². The monoisotopic (exact) mass is 380 g/mol. The van der Waals surface area contributed by atoms with Gasteiger partial charge in [0.15, 0.2) is 0 Å². The molecule has 0 radical (unpaired) electrons. The Kier molecular flexibility index (Phi) is 5.66. The molecule has 0 unspecified atom stereocenters. The molecule has 0 fully saturated rings. The smallest absolute Gasteiger partial charge is 0.341 e. The highest BCUT2D eigenvalue weighted by Crippen LogP contribution is 2.36. The molecule has 0 bridgehead atoms. The average Bonchev–Trinajstić information content (AvgIpc) is 3.06. The zero-order valence-electron chi connectivity index (χ0n) is 15.4. The zero-order chi connectivity index (χ0) is 19.4. The van der Waals surface area contributed by atoms with Crippen molar-refractivity contribution >= 4 is 28.2 Å². The number of amides is 1. The summed E-state index contributed by atoms with van der Waals surface area (Å²) in [7, 11) is 0. The molecule has 1 aromatic carbocycles. The molecule has 1 N–H and O–H groups in total. The van der Waals surface area contributed by atoms with Crippen LogP contribution in [0.5, 0.6) is 0 Å². The van der Waals surface area contributed by atoms with E-state index in [2.05, 4.69) is 10.3 Å². The van der Waals surface area contributed by atoms with Crippen molar-refractivity contribution in [1.29, 1.82) is 0 Å². The number of nitrogens with zero attached hydrogens (tertiary/aromatic N) is 1. The van der Waals surface area contributed by atoms with Crippen molar-refractivity contribution in [3.8, 4) is 10.4 Å². The van der Waals surface area contributed by atoms with Crippen molar-refractivity contribution in [3.63, 3.8) is 0 Å². The maximum Gasteiger partial charge on any atom is 0.341 e. The van der Waals surface area contributed by atoms with Crippen molar-refractivity contribution in [1.82, 2.24) is 4.98 Å². The first-order chi connectivity index (χ1) is 13.0. The van der Waals surface area contributed by atoms with Crippen LogP contribution in [0.2, 0.25) is 0 Å². The third-order valence-corrected chi connectivity index (χ3v) is 4.94. The van der Waals surface area contributed by atoms with E-state index in [0.29, 0.717) is 16.3 Å². The summed E-state index contributed by atoms with van der Waals surface area (Å²) in [5.41, 5.74) is 3.35. The Labute approximate surface area is 162 Å². The quantitative estimate of drug-likeness (QED) is 0.642. The number of benzene rings is 1. The number of carbonyl (C=O) groups excluding carboxylic acids is 2. The van der Waals surface area contributed by atoms with Crippen molar-refractivity contribution < 1.29 is 14.3 Å². The van der Waals surface area contributed by atoms with E-state index in [-0.39, 0.29) is 12.5 Å². The van der Waals surface area contributed by atoms with Gasteiger partial charge in [0.25, 0.3) is 5.91 Å². The predicted octanol–water partition coefficient (Wildman–Crippen LogP) is 4.86. The first kappa shape index (κ1) is 18.8. The van der Waals surface area contributed by atoms with Crippen LogP contribution in [0, 0.1) is 13.8 Å². The summed E-state index contributed by atoms with van der Waals surface area (Å²) in [4.78, 5) is 30.2. The highest BCUT2D eigenvalue weighted by molar-refractivity contribution is 7.20. The molecule has 1 amide bonds. The Balaban J connectivity index is 1.96. The molecule has 0 atom stereocenters. The SMILES string of the molecule is CCOC(=O)c1cc(-c2ccccc2)sc1NC(=O)c1cc(C)cc(C)n1. The molecule has 5 nitrogen and oxygen atoms in total. The van der Waals surface area contributed by atoms with E-state index in [0.717, 1.165) is 21.7 Å². The van der Waals surface area contributed by atoms with Crippen LogP contribution in [0.3, 0.4) is 0 Å². The number of nitrogens with one attached hydrogen (secondary N) is 1. The third-order valence-electron chi connectivity index (χ3n) is 3.84. The van der Waals surface area contributed by atoms with Gasteiger partial charge in [0.05, 0.1) is 12.2 Å². The largest absolute Gasteiger partial charge is 0.462 e. The molecule has 27 heavy (non-hydrogen) atoms. The second-order valence-electron chi connectivity index (χ2n) is 6.07. The van der Waals surface area contributed by atoms with E-state index in [9.17, 15) is 9.59 Å². The van der Waals surface area contributed by atoms with Crippen LogP contribution in [0.15, 0.2) is 48.5 Å². The Bertz CT molecular complexity index is 960. The predicted molar refractivity (Wildman–Crippen MR) is 107 cm³/mol. The molecule has 0 saturated heterocycles. The Morgan fingerprint density at radius 1 is 1.11 bits per heavy atom. The highest BCUT2D eigenvalue weighted by atomic mass is 32.1. The normalized spacial score (nSPS) is 10.5. The number of aromatic nitrogens is 1. The van der Waals surface area contributed by atoms with E-state index < -0.39 is 5.97 Å². The number of ether oxygens (including phenoxy) is 1. The van der Waals surface area contributed by atoms with Gasteiger partial charge < -0.3 is 10.1 Å². The van der Waals surface area contributed by atoms with Gasteiger partial charge in [0, 0.05) is 10.6 Å². The second kappa shape index (κ2) is 8.14. The first-order valence-corrected chi connectivity index (χ1v) is 9.42. The number of hydrogen-bond donors (Lipinski definition) is 1. The molecule has 0 saturated carbocycles. The Morgan fingerprint density at radius 3 is 2.52 bits per heavy atom. The lowest BCUT2D eigenvalue weighted by atomic mass is 10.1. The van der Waals surface area contributed by atoms with E-state index in [1.807, 2.05) is 50.2 Å². The number of hydrogen-bond acceptors (Lipinski definition) is 5. The van der Waals surface area contributed by atoms with Crippen LogP contribution in [-0.4, -0.2) is 23.5 Å². The minimum Gasteiger partial charge on any atom is -0.462 e. The fourth-order valence-corrected chi connectivity index (χ4v) is 3.76. The van der Waals surface area contributed by atoms with Crippen LogP contribution in [-0.2, 0) is 4.74 Å². The van der Waals surface area contributed by atoms with Crippen molar-refractivity contribution in [3.05, 3.63) is 71.0 Å². The van der Waals surface area contributed by atoms with Crippen molar-refractivity contribution in [2.75, 3.05) is 11.9 Å². The van der Waals surface area contributed by atoms with E-state index >= 15 is 0 Å². The van der Waals surface area contributed by atoms with Gasteiger partial charge in [-0.3, -0.25) is 4.79 Å². The summed E-state index contributed by atoms with van der Waals surface area (Å²) in [5, 5.41) is 3.28. The molecule has 3 aromatic rings. The lowest BCUT2D eigenvalue weighted by Crippen LogP contribution is -2.16. The van der Waals surface area contributed by atoms with Crippen LogP contribution in [0.4, 0.5) is 5.00 Å². The maximum absolute atomic E-state index is 12.7. The lowest BCUT2D eigenvalue weighted by Gasteiger charge is -2.07. The summed E-state index contributed by atoms with van der Waals surface area (Å²) in [6.07, 6.45) is 0. The number of pyridine rings is 1. The molecule has 6 heteroatoms. The summed E-state index contributed by atoms with van der Waals surface area (Å²) >= 11 is 1.34. The zero-order valence-corrected chi connectivity index (χ0v) is 16.2. The molecule has 2 aromatic heterocycles. The van der Waals surface area contributed by atoms with Crippen LogP contribution in [0.25, 0.3) is 10.4 Å². The molecule has 138 valence electrons. The molecule has 0 aliphatic rings. The van der Waals surface area contributed by atoms with Crippen molar-refractivity contribution in [2.24, 2.45) is 0 Å². The molecule has 2 heterocycles. The molecule has 3 rings (SSSR count).